The highest BCUT2D eigenvalue weighted by molar-refractivity contribution is 5.91. The number of fused-ring (bicyclic) bond motifs is 2. The van der Waals surface area contributed by atoms with Gasteiger partial charge in [-0.3, -0.25) is 0 Å². The number of hydrogen-bond acceptors (Lipinski definition) is 2. The van der Waals surface area contributed by atoms with Crippen LogP contribution in [-0.2, 0) is 7.05 Å². The van der Waals surface area contributed by atoms with Gasteiger partial charge in [0.25, 0.3) is 0 Å². The Morgan fingerprint density at radius 1 is 0.696 bits per heavy atom. The van der Waals surface area contributed by atoms with Gasteiger partial charge in [0.2, 0.25) is 11.0 Å². The zero-order chi connectivity index (χ0) is 15.4. The predicted octanol–water partition coefficient (Wildman–Crippen LogP) is 3.24. The number of rotatable bonds is 2. The van der Waals surface area contributed by atoms with Crippen LogP contribution in [0.2, 0.25) is 0 Å². The monoisotopic (exact) mass is 304 g/mol. The van der Waals surface area contributed by atoms with Crippen molar-refractivity contribution in [1.82, 2.24) is 0 Å². The zero-order valence-corrected chi connectivity index (χ0v) is 13.6. The Balaban J connectivity index is 1.70. The van der Waals surface area contributed by atoms with Gasteiger partial charge >= 0.3 is 0 Å². The van der Waals surface area contributed by atoms with E-state index in [1.165, 1.54) is 72.2 Å². The van der Waals surface area contributed by atoms with Gasteiger partial charge in [-0.1, -0.05) is 0 Å². The summed E-state index contributed by atoms with van der Waals surface area (Å²) in [6.45, 7) is 4.79. The quantitative estimate of drug-likeness (QED) is 0.531. The molecule has 3 nitrogen and oxygen atoms in total. The Morgan fingerprint density at radius 2 is 1.17 bits per heavy atom. The van der Waals surface area contributed by atoms with E-state index < -0.39 is 0 Å². The molecule has 2 fully saturated rings. The minimum Gasteiger partial charge on any atom is -0.371 e. The molecule has 0 spiro atoms. The maximum Gasteiger partial charge on any atom is 0.214 e. The van der Waals surface area contributed by atoms with Crippen molar-refractivity contribution in [2.75, 3.05) is 36.0 Å². The second-order valence-corrected chi connectivity index (χ2v) is 6.87. The maximum absolute atomic E-state index is 2.46. The first-order valence-corrected chi connectivity index (χ1v) is 8.66. The number of benzene rings is 2. The summed E-state index contributed by atoms with van der Waals surface area (Å²) in [5, 5.41) is 2.64. The largest absolute Gasteiger partial charge is 0.371 e. The minimum atomic E-state index is 1.20. The van der Waals surface area contributed by atoms with Gasteiger partial charge in [0.05, 0.1) is 0 Å². The van der Waals surface area contributed by atoms with Gasteiger partial charge in [-0.2, -0.15) is 4.57 Å². The highest BCUT2D eigenvalue weighted by Crippen LogP contribution is 2.28. The molecule has 23 heavy (non-hydrogen) atoms. The Kier molecular flexibility index (Phi) is 2.78. The van der Waals surface area contributed by atoms with Crippen molar-refractivity contribution in [2.45, 2.75) is 12.8 Å². The zero-order valence-electron chi connectivity index (χ0n) is 13.6. The Hall–Kier alpha value is -2.29. The van der Waals surface area contributed by atoms with Crippen LogP contribution < -0.4 is 14.4 Å². The van der Waals surface area contributed by atoms with Crippen molar-refractivity contribution < 1.29 is 4.57 Å². The highest BCUT2D eigenvalue weighted by atomic mass is 15.2. The molecule has 3 aromatic rings. The summed E-state index contributed by atoms with van der Waals surface area (Å²) in [6.07, 6.45) is 2.64. The Labute approximate surface area is 136 Å². The number of aryl methyl sites for hydroxylation is 1. The van der Waals surface area contributed by atoms with Crippen molar-refractivity contribution in [1.29, 1.82) is 0 Å². The molecule has 5 rings (SSSR count). The third-order valence-electron chi connectivity index (χ3n) is 5.50. The van der Waals surface area contributed by atoms with Crippen LogP contribution in [0.3, 0.4) is 0 Å². The van der Waals surface area contributed by atoms with Crippen molar-refractivity contribution in [3.05, 3.63) is 42.5 Å². The van der Waals surface area contributed by atoms with Gasteiger partial charge < -0.3 is 9.80 Å². The van der Waals surface area contributed by atoms with Crippen LogP contribution in [0.5, 0.6) is 0 Å². The smallest absolute Gasteiger partial charge is 0.214 e. The molecular weight excluding hydrogens is 282 g/mol. The number of aromatic nitrogens is 1. The molecule has 0 unspecified atom stereocenters. The van der Waals surface area contributed by atoms with Crippen molar-refractivity contribution in [3.63, 3.8) is 0 Å². The second-order valence-electron chi connectivity index (χ2n) is 6.87. The molecule has 0 radical (unpaired) electrons. The summed E-state index contributed by atoms with van der Waals surface area (Å²) in [4.78, 5) is 4.92. The highest BCUT2D eigenvalue weighted by Gasteiger charge is 2.20. The van der Waals surface area contributed by atoms with E-state index in [4.69, 9.17) is 0 Å². The van der Waals surface area contributed by atoms with Gasteiger partial charge in [-0.05, 0) is 43.2 Å². The fourth-order valence-electron chi connectivity index (χ4n) is 3.73. The van der Waals surface area contributed by atoms with E-state index in [1.54, 1.807) is 0 Å². The summed E-state index contributed by atoms with van der Waals surface area (Å²) in [5.41, 5.74) is 5.36. The van der Waals surface area contributed by atoms with Crippen LogP contribution in [0.4, 0.5) is 11.4 Å². The summed E-state index contributed by atoms with van der Waals surface area (Å²) in [5.74, 6) is 0. The van der Waals surface area contributed by atoms with Gasteiger partial charge in [0.15, 0.2) is 0 Å². The molecule has 0 aliphatic carbocycles. The average molecular weight is 304 g/mol. The van der Waals surface area contributed by atoms with Crippen LogP contribution in [0.25, 0.3) is 21.8 Å². The van der Waals surface area contributed by atoms with Crippen molar-refractivity contribution >= 4 is 33.2 Å². The van der Waals surface area contributed by atoms with Gasteiger partial charge in [-0.25, -0.2) is 0 Å². The van der Waals surface area contributed by atoms with Crippen LogP contribution >= 0.6 is 0 Å². The number of anilines is 2. The number of nitrogens with zero attached hydrogens (tertiary/aromatic N) is 3. The van der Waals surface area contributed by atoms with Crippen molar-refractivity contribution in [2.24, 2.45) is 7.05 Å². The van der Waals surface area contributed by atoms with E-state index in [9.17, 15) is 0 Å². The molecule has 3 heteroatoms. The summed E-state index contributed by atoms with van der Waals surface area (Å²) < 4.78 is 2.36. The van der Waals surface area contributed by atoms with E-state index in [0.29, 0.717) is 0 Å². The number of hydrogen-bond donors (Lipinski definition) is 0. The van der Waals surface area contributed by atoms with E-state index in [-0.39, 0.29) is 0 Å². The Morgan fingerprint density at radius 3 is 1.57 bits per heavy atom. The lowest BCUT2D eigenvalue weighted by Gasteiger charge is -2.33. The Bertz CT molecular complexity index is 836. The molecule has 3 heterocycles. The average Bonchev–Trinajstić information content (AvgIpc) is 2.45. The minimum absolute atomic E-state index is 1.20. The predicted molar refractivity (Wildman–Crippen MR) is 96.3 cm³/mol. The lowest BCUT2D eigenvalue weighted by Crippen LogP contribution is -2.38. The van der Waals surface area contributed by atoms with Crippen LogP contribution in [0.1, 0.15) is 12.8 Å². The van der Waals surface area contributed by atoms with Gasteiger partial charge in [0, 0.05) is 60.5 Å². The third-order valence-corrected chi connectivity index (χ3v) is 5.50. The first-order valence-electron chi connectivity index (χ1n) is 8.66. The number of pyridine rings is 1. The molecule has 1 aromatic heterocycles. The van der Waals surface area contributed by atoms with Crippen LogP contribution in [0, 0.1) is 0 Å². The standard InChI is InChI=1S/C20H22N3/c1-21-19-13-17(22-8-2-9-22)6-4-15(19)12-16-5-7-18(14-20(16)21)23-10-3-11-23/h4-7,12-14H,2-3,8-11H2,1H3/q+1. The van der Waals surface area contributed by atoms with Crippen molar-refractivity contribution in [3.8, 4) is 0 Å². The summed E-state index contributed by atoms with van der Waals surface area (Å²) in [7, 11) is 2.20. The molecule has 0 amide bonds. The molecule has 0 saturated carbocycles. The fourth-order valence-corrected chi connectivity index (χ4v) is 3.73. The van der Waals surface area contributed by atoms with Gasteiger partial charge in [0.1, 0.15) is 7.05 Å². The van der Waals surface area contributed by atoms with Gasteiger partial charge in [-0.15, -0.1) is 0 Å². The summed E-state index contributed by atoms with van der Waals surface area (Å²) >= 11 is 0. The molecular formula is C20H22N3+. The second kappa shape index (κ2) is 4.85. The fraction of sp³-hybridized carbons (Fsp3) is 0.350. The SMILES string of the molecule is C[n+]1c2cc(N3CCC3)ccc2cc2ccc(N3CCC3)cc21. The first kappa shape index (κ1) is 13.2. The van der Waals surface area contributed by atoms with E-state index in [2.05, 4.69) is 63.9 Å². The molecule has 116 valence electrons. The lowest BCUT2D eigenvalue weighted by molar-refractivity contribution is -0.617. The normalized spacial score (nSPS) is 17.4. The van der Waals surface area contributed by atoms with E-state index in [0.717, 1.165) is 0 Å². The molecule has 0 N–H and O–H groups in total. The summed E-state index contributed by atoms with van der Waals surface area (Å²) in [6, 6.07) is 16.1. The van der Waals surface area contributed by atoms with E-state index >= 15 is 0 Å². The first-order chi connectivity index (χ1) is 11.3. The maximum atomic E-state index is 2.46. The molecule has 2 aliphatic rings. The van der Waals surface area contributed by atoms with Crippen LogP contribution in [0.15, 0.2) is 42.5 Å². The third kappa shape index (κ3) is 1.99. The topological polar surface area (TPSA) is 10.4 Å². The van der Waals surface area contributed by atoms with E-state index in [1.807, 2.05) is 0 Å². The lowest BCUT2D eigenvalue weighted by atomic mass is 10.1. The molecule has 2 saturated heterocycles. The molecule has 2 aromatic carbocycles. The van der Waals surface area contributed by atoms with Crippen LogP contribution in [-0.4, -0.2) is 26.2 Å². The molecule has 2 aliphatic heterocycles. The molecule has 0 bridgehead atoms. The molecule has 0 atom stereocenters.